The summed E-state index contributed by atoms with van der Waals surface area (Å²) >= 11 is 0. The zero-order valence-corrected chi connectivity index (χ0v) is 13.9. The first kappa shape index (κ1) is 16.7. The minimum atomic E-state index is -1.84. The van der Waals surface area contributed by atoms with Crippen molar-refractivity contribution in [2.45, 2.75) is 43.8 Å². The highest BCUT2D eigenvalue weighted by atomic mass is 19.1. The first-order chi connectivity index (χ1) is 11.5. The van der Waals surface area contributed by atoms with Crippen LogP contribution in [0.2, 0.25) is 0 Å². The third-order valence-corrected chi connectivity index (χ3v) is 4.72. The summed E-state index contributed by atoms with van der Waals surface area (Å²) in [6.45, 7) is 0.550. The van der Waals surface area contributed by atoms with Gasteiger partial charge in [-0.3, -0.25) is 9.59 Å². The normalized spacial score (nSPS) is 19.7. The Morgan fingerprint density at radius 2 is 2.04 bits per heavy atom. The fourth-order valence-corrected chi connectivity index (χ4v) is 2.95. The molecule has 2 aliphatic rings. The predicted octanol–water partition coefficient (Wildman–Crippen LogP) is 1.85. The number of alkyl halides is 1. The van der Waals surface area contributed by atoms with Gasteiger partial charge in [-0.05, 0) is 30.5 Å². The van der Waals surface area contributed by atoms with Gasteiger partial charge in [0.25, 0.3) is 5.91 Å². The molecule has 0 unspecified atom stereocenters. The van der Waals surface area contributed by atoms with E-state index in [4.69, 9.17) is 4.74 Å². The third-order valence-electron chi connectivity index (χ3n) is 4.72. The molecule has 0 radical (unpaired) electrons. The van der Waals surface area contributed by atoms with E-state index in [0.717, 1.165) is 18.4 Å². The summed E-state index contributed by atoms with van der Waals surface area (Å²) in [4.78, 5) is 26.0. The van der Waals surface area contributed by atoms with Crippen LogP contribution in [0.5, 0.6) is 5.75 Å². The molecule has 6 heteroatoms. The van der Waals surface area contributed by atoms with Crippen molar-refractivity contribution in [1.29, 1.82) is 0 Å². The second-order valence-electron chi connectivity index (χ2n) is 6.62. The number of methoxy groups -OCH3 is 1. The third kappa shape index (κ3) is 3.86. The molecule has 1 aliphatic carbocycles. The smallest absolute Gasteiger partial charge is 0.258 e. The molecule has 0 bridgehead atoms. The molecule has 5 nitrogen and oxygen atoms in total. The van der Waals surface area contributed by atoms with Crippen LogP contribution in [0.3, 0.4) is 0 Å². The van der Waals surface area contributed by atoms with Crippen molar-refractivity contribution in [2.24, 2.45) is 0 Å². The monoisotopic (exact) mass is 334 g/mol. The molecule has 0 atom stereocenters. The van der Waals surface area contributed by atoms with E-state index in [1.165, 1.54) is 0 Å². The number of ether oxygens (including phenoxy) is 1. The maximum Gasteiger partial charge on any atom is 0.258 e. The summed E-state index contributed by atoms with van der Waals surface area (Å²) in [5, 5.41) is 2.73. The standard InChI is InChI=1S/C18H23FN2O3/c1-24-15-4-2-3-13(11-15)12-16(22)21-9-7-18(19,8-10-21)17(23)20-14-5-6-14/h2-4,11,14H,5-10,12H2,1H3,(H,20,23). The van der Waals surface area contributed by atoms with Gasteiger partial charge in [0.05, 0.1) is 13.5 Å². The molecule has 1 aromatic carbocycles. The zero-order chi connectivity index (χ0) is 17.2. The molecule has 130 valence electrons. The average molecular weight is 334 g/mol. The lowest BCUT2D eigenvalue weighted by Crippen LogP contribution is -2.52. The lowest BCUT2D eigenvalue weighted by Gasteiger charge is -2.35. The van der Waals surface area contributed by atoms with E-state index in [0.29, 0.717) is 5.75 Å². The number of rotatable bonds is 5. The number of benzene rings is 1. The first-order valence-corrected chi connectivity index (χ1v) is 8.41. The van der Waals surface area contributed by atoms with Crippen molar-refractivity contribution < 1.29 is 18.7 Å². The van der Waals surface area contributed by atoms with E-state index >= 15 is 0 Å². The van der Waals surface area contributed by atoms with Gasteiger partial charge in [0.1, 0.15) is 5.75 Å². The highest BCUT2D eigenvalue weighted by Crippen LogP contribution is 2.29. The van der Waals surface area contributed by atoms with Gasteiger partial charge in [-0.15, -0.1) is 0 Å². The van der Waals surface area contributed by atoms with Crippen molar-refractivity contribution in [1.82, 2.24) is 10.2 Å². The van der Waals surface area contributed by atoms with Gasteiger partial charge in [-0.1, -0.05) is 12.1 Å². The minimum absolute atomic E-state index is 0.0482. The van der Waals surface area contributed by atoms with Crippen molar-refractivity contribution >= 4 is 11.8 Å². The highest BCUT2D eigenvalue weighted by Gasteiger charge is 2.44. The van der Waals surface area contributed by atoms with Crippen LogP contribution < -0.4 is 10.1 Å². The minimum Gasteiger partial charge on any atom is -0.497 e. The van der Waals surface area contributed by atoms with Gasteiger partial charge in [0.2, 0.25) is 5.91 Å². The number of amides is 2. The Kier molecular flexibility index (Phi) is 4.73. The van der Waals surface area contributed by atoms with E-state index in [-0.39, 0.29) is 44.3 Å². The van der Waals surface area contributed by atoms with Crippen LogP contribution in [0.1, 0.15) is 31.2 Å². The van der Waals surface area contributed by atoms with Crippen molar-refractivity contribution in [3.05, 3.63) is 29.8 Å². The van der Waals surface area contributed by atoms with Crippen LogP contribution in [-0.4, -0.2) is 48.6 Å². The van der Waals surface area contributed by atoms with E-state index in [1.54, 1.807) is 12.0 Å². The number of nitrogens with zero attached hydrogens (tertiary/aromatic N) is 1. The Labute approximate surface area is 141 Å². The van der Waals surface area contributed by atoms with E-state index < -0.39 is 11.6 Å². The molecule has 1 N–H and O–H groups in total. The fraction of sp³-hybridized carbons (Fsp3) is 0.556. The summed E-state index contributed by atoms with van der Waals surface area (Å²) < 4.78 is 19.9. The maximum atomic E-state index is 14.8. The van der Waals surface area contributed by atoms with Crippen LogP contribution in [0, 0.1) is 0 Å². The first-order valence-electron chi connectivity index (χ1n) is 8.41. The number of hydrogen-bond acceptors (Lipinski definition) is 3. The second kappa shape index (κ2) is 6.79. The summed E-state index contributed by atoms with van der Waals surface area (Å²) in [6.07, 6.45) is 2.26. The number of carbonyl (C=O) groups excluding carboxylic acids is 2. The number of carbonyl (C=O) groups is 2. The van der Waals surface area contributed by atoms with Crippen LogP contribution in [-0.2, 0) is 16.0 Å². The van der Waals surface area contributed by atoms with Crippen LogP contribution in [0.4, 0.5) is 4.39 Å². The molecule has 1 saturated carbocycles. The Balaban J connectivity index is 1.53. The average Bonchev–Trinajstić information content (AvgIpc) is 3.39. The van der Waals surface area contributed by atoms with Gasteiger partial charge < -0.3 is 15.0 Å². The molecule has 24 heavy (non-hydrogen) atoms. The molecule has 2 amide bonds. The molecule has 2 fully saturated rings. The van der Waals surface area contributed by atoms with Crippen molar-refractivity contribution in [2.75, 3.05) is 20.2 Å². The van der Waals surface area contributed by atoms with Crippen molar-refractivity contribution in [3.63, 3.8) is 0 Å². The fourth-order valence-electron chi connectivity index (χ4n) is 2.95. The van der Waals surface area contributed by atoms with E-state index in [9.17, 15) is 14.0 Å². The maximum absolute atomic E-state index is 14.8. The second-order valence-corrected chi connectivity index (χ2v) is 6.62. The summed E-state index contributed by atoms with van der Waals surface area (Å²) in [5.74, 6) is 0.149. The molecule has 1 aliphatic heterocycles. The Bertz CT molecular complexity index is 622. The molecule has 1 heterocycles. The topological polar surface area (TPSA) is 58.6 Å². The van der Waals surface area contributed by atoms with Gasteiger partial charge in [0.15, 0.2) is 5.67 Å². The molecule has 1 aromatic rings. The van der Waals surface area contributed by atoms with Crippen LogP contribution in [0.25, 0.3) is 0 Å². The number of hydrogen-bond donors (Lipinski definition) is 1. The molecule has 0 aromatic heterocycles. The molecular weight excluding hydrogens is 311 g/mol. The van der Waals surface area contributed by atoms with Gasteiger partial charge in [0, 0.05) is 32.0 Å². The summed E-state index contributed by atoms with van der Waals surface area (Å²) in [7, 11) is 1.58. The molecule has 3 rings (SSSR count). The van der Waals surface area contributed by atoms with Gasteiger partial charge in [-0.25, -0.2) is 4.39 Å². The van der Waals surface area contributed by atoms with Crippen LogP contribution >= 0.6 is 0 Å². The largest absolute Gasteiger partial charge is 0.497 e. The molecular formula is C18H23FN2O3. The van der Waals surface area contributed by atoms with Gasteiger partial charge >= 0.3 is 0 Å². The number of halogens is 1. The number of piperidine rings is 1. The van der Waals surface area contributed by atoms with Gasteiger partial charge in [-0.2, -0.15) is 0 Å². The van der Waals surface area contributed by atoms with Crippen molar-refractivity contribution in [3.8, 4) is 5.75 Å². The lowest BCUT2D eigenvalue weighted by atomic mass is 9.92. The molecule has 0 spiro atoms. The number of likely N-dealkylation sites (tertiary alicyclic amines) is 1. The summed E-state index contributed by atoms with van der Waals surface area (Å²) in [5.41, 5.74) is -0.974. The lowest BCUT2D eigenvalue weighted by molar-refractivity contribution is -0.142. The van der Waals surface area contributed by atoms with Crippen LogP contribution in [0.15, 0.2) is 24.3 Å². The Hall–Kier alpha value is -2.11. The van der Waals surface area contributed by atoms with E-state index in [1.807, 2.05) is 24.3 Å². The zero-order valence-electron chi connectivity index (χ0n) is 13.9. The summed E-state index contributed by atoms with van der Waals surface area (Å²) in [6, 6.07) is 7.51. The Morgan fingerprint density at radius 3 is 2.67 bits per heavy atom. The van der Waals surface area contributed by atoms with E-state index in [2.05, 4.69) is 5.32 Å². The quantitative estimate of drug-likeness (QED) is 0.894. The number of nitrogens with one attached hydrogen (secondary N) is 1. The molecule has 1 saturated heterocycles. The predicted molar refractivity (Wildman–Crippen MR) is 87.5 cm³/mol. The Morgan fingerprint density at radius 1 is 1.33 bits per heavy atom. The SMILES string of the molecule is COc1cccc(CC(=O)N2CCC(F)(C(=O)NC3CC3)CC2)c1. The highest BCUT2D eigenvalue weighted by molar-refractivity contribution is 5.86.